The normalized spacial score (nSPS) is 27.2. The number of hydrogen-bond acceptors (Lipinski definition) is 4. The Bertz CT molecular complexity index is 452. The number of ether oxygens (including phenoxy) is 1. The SMILES string of the molecule is CC1OCCC1(O)CNC(=O)CC(N)c1ccccc1. The summed E-state index contributed by atoms with van der Waals surface area (Å²) >= 11 is 0. The molecule has 1 aromatic rings. The van der Waals surface area contributed by atoms with E-state index < -0.39 is 5.60 Å². The zero-order valence-electron chi connectivity index (χ0n) is 11.7. The van der Waals surface area contributed by atoms with Crippen molar-refractivity contribution < 1.29 is 14.6 Å². The molecule has 2 rings (SSSR count). The van der Waals surface area contributed by atoms with Gasteiger partial charge in [-0.1, -0.05) is 30.3 Å². The van der Waals surface area contributed by atoms with E-state index in [1.807, 2.05) is 37.3 Å². The Hall–Kier alpha value is -1.43. The second-order valence-corrected chi connectivity index (χ2v) is 5.36. The van der Waals surface area contributed by atoms with Crippen LogP contribution in [-0.2, 0) is 9.53 Å². The van der Waals surface area contributed by atoms with Crippen molar-refractivity contribution >= 4 is 5.91 Å². The van der Waals surface area contributed by atoms with E-state index in [1.54, 1.807) is 0 Å². The van der Waals surface area contributed by atoms with E-state index in [4.69, 9.17) is 10.5 Å². The van der Waals surface area contributed by atoms with E-state index >= 15 is 0 Å². The average molecular weight is 278 g/mol. The fourth-order valence-corrected chi connectivity index (χ4v) is 2.34. The van der Waals surface area contributed by atoms with Crippen LogP contribution in [0.1, 0.15) is 31.4 Å². The number of rotatable bonds is 5. The quantitative estimate of drug-likeness (QED) is 0.741. The predicted octanol–water partition coefficient (Wildman–Crippen LogP) is 0.733. The largest absolute Gasteiger partial charge is 0.385 e. The Kier molecular flexibility index (Phi) is 4.75. The summed E-state index contributed by atoms with van der Waals surface area (Å²) in [5, 5.41) is 13.0. The van der Waals surface area contributed by atoms with Gasteiger partial charge in [-0.15, -0.1) is 0 Å². The monoisotopic (exact) mass is 278 g/mol. The van der Waals surface area contributed by atoms with Gasteiger partial charge in [-0.25, -0.2) is 0 Å². The van der Waals surface area contributed by atoms with Gasteiger partial charge in [0.05, 0.1) is 6.10 Å². The fourth-order valence-electron chi connectivity index (χ4n) is 2.34. The number of amides is 1. The van der Waals surface area contributed by atoms with E-state index in [2.05, 4.69) is 5.32 Å². The lowest BCUT2D eigenvalue weighted by atomic mass is 9.96. The molecule has 0 aliphatic carbocycles. The van der Waals surface area contributed by atoms with Crippen LogP contribution >= 0.6 is 0 Å². The average Bonchev–Trinajstić information content (AvgIpc) is 2.78. The predicted molar refractivity (Wildman–Crippen MR) is 76.0 cm³/mol. The lowest BCUT2D eigenvalue weighted by molar-refractivity contribution is -0.123. The van der Waals surface area contributed by atoms with Crippen molar-refractivity contribution in [2.75, 3.05) is 13.2 Å². The molecule has 5 heteroatoms. The van der Waals surface area contributed by atoms with Gasteiger partial charge in [0.2, 0.25) is 5.91 Å². The van der Waals surface area contributed by atoms with Crippen LogP contribution in [0.4, 0.5) is 0 Å². The molecule has 1 aliphatic heterocycles. The standard InChI is InChI=1S/C15H22N2O3/c1-11-15(19,7-8-20-11)10-17-14(18)9-13(16)12-5-3-2-4-6-12/h2-6,11,13,19H,7-10,16H2,1H3,(H,17,18). The van der Waals surface area contributed by atoms with Gasteiger partial charge in [0.15, 0.2) is 0 Å². The first-order valence-electron chi connectivity index (χ1n) is 6.92. The lowest BCUT2D eigenvalue weighted by Gasteiger charge is -2.26. The van der Waals surface area contributed by atoms with Crippen molar-refractivity contribution in [3.63, 3.8) is 0 Å². The molecule has 3 atom stereocenters. The van der Waals surface area contributed by atoms with Crippen LogP contribution in [0.3, 0.4) is 0 Å². The van der Waals surface area contributed by atoms with Gasteiger partial charge in [0, 0.05) is 32.0 Å². The van der Waals surface area contributed by atoms with Crippen LogP contribution < -0.4 is 11.1 Å². The first-order valence-corrected chi connectivity index (χ1v) is 6.92. The third kappa shape index (κ3) is 3.56. The van der Waals surface area contributed by atoms with Gasteiger partial charge in [0.25, 0.3) is 0 Å². The summed E-state index contributed by atoms with van der Waals surface area (Å²) in [6.45, 7) is 2.54. The summed E-state index contributed by atoms with van der Waals surface area (Å²) in [5.41, 5.74) is 5.96. The number of nitrogens with two attached hydrogens (primary N) is 1. The molecule has 0 spiro atoms. The highest BCUT2D eigenvalue weighted by molar-refractivity contribution is 5.76. The molecule has 0 radical (unpaired) electrons. The number of carbonyl (C=O) groups excluding carboxylic acids is 1. The Balaban J connectivity index is 1.81. The minimum Gasteiger partial charge on any atom is -0.385 e. The van der Waals surface area contributed by atoms with Crippen molar-refractivity contribution in [2.45, 2.75) is 37.5 Å². The van der Waals surface area contributed by atoms with Crippen LogP contribution in [0, 0.1) is 0 Å². The first kappa shape index (κ1) is 15.0. The van der Waals surface area contributed by atoms with Crippen LogP contribution in [0.15, 0.2) is 30.3 Å². The summed E-state index contributed by atoms with van der Waals surface area (Å²) in [6, 6.07) is 9.17. The first-order chi connectivity index (χ1) is 9.51. The van der Waals surface area contributed by atoms with Crippen LogP contribution in [-0.4, -0.2) is 35.9 Å². The number of benzene rings is 1. The molecule has 1 aliphatic rings. The molecule has 5 nitrogen and oxygen atoms in total. The molecule has 110 valence electrons. The van der Waals surface area contributed by atoms with E-state index in [9.17, 15) is 9.90 Å². The maximum atomic E-state index is 11.9. The third-order valence-electron chi connectivity index (χ3n) is 3.88. The smallest absolute Gasteiger partial charge is 0.222 e. The molecule has 1 amide bonds. The molecule has 1 saturated heterocycles. The summed E-state index contributed by atoms with van der Waals surface area (Å²) in [7, 11) is 0. The molecular formula is C15H22N2O3. The van der Waals surface area contributed by atoms with Crippen LogP contribution in [0.25, 0.3) is 0 Å². The number of hydrogen-bond donors (Lipinski definition) is 3. The van der Waals surface area contributed by atoms with Gasteiger partial charge in [-0.05, 0) is 12.5 Å². The summed E-state index contributed by atoms with van der Waals surface area (Å²) in [5.74, 6) is -0.158. The fraction of sp³-hybridized carbons (Fsp3) is 0.533. The van der Waals surface area contributed by atoms with E-state index in [-0.39, 0.29) is 31.0 Å². The summed E-state index contributed by atoms with van der Waals surface area (Å²) in [4.78, 5) is 11.9. The Morgan fingerprint density at radius 3 is 2.85 bits per heavy atom. The number of nitrogens with one attached hydrogen (secondary N) is 1. The third-order valence-corrected chi connectivity index (χ3v) is 3.88. The maximum absolute atomic E-state index is 11.9. The molecule has 0 saturated carbocycles. The minimum atomic E-state index is -0.966. The highest BCUT2D eigenvalue weighted by Gasteiger charge is 2.39. The lowest BCUT2D eigenvalue weighted by Crippen LogP contribution is -2.47. The Morgan fingerprint density at radius 2 is 2.25 bits per heavy atom. The van der Waals surface area contributed by atoms with Gasteiger partial charge in [0.1, 0.15) is 5.60 Å². The van der Waals surface area contributed by atoms with Crippen molar-refractivity contribution in [1.82, 2.24) is 5.32 Å². The molecule has 1 aromatic carbocycles. The molecule has 4 N–H and O–H groups in total. The van der Waals surface area contributed by atoms with E-state index in [0.29, 0.717) is 13.0 Å². The summed E-state index contributed by atoms with van der Waals surface area (Å²) in [6.07, 6.45) is 0.486. The highest BCUT2D eigenvalue weighted by atomic mass is 16.5. The molecule has 1 fully saturated rings. The van der Waals surface area contributed by atoms with Gasteiger partial charge in [-0.2, -0.15) is 0 Å². The van der Waals surface area contributed by atoms with Crippen LogP contribution in [0.5, 0.6) is 0 Å². The molecule has 1 heterocycles. The molecule has 0 bridgehead atoms. The zero-order chi connectivity index (χ0) is 14.6. The maximum Gasteiger partial charge on any atom is 0.222 e. The molecule has 3 unspecified atom stereocenters. The second-order valence-electron chi connectivity index (χ2n) is 5.36. The van der Waals surface area contributed by atoms with Crippen molar-refractivity contribution in [2.24, 2.45) is 5.73 Å². The van der Waals surface area contributed by atoms with Crippen LogP contribution in [0.2, 0.25) is 0 Å². The van der Waals surface area contributed by atoms with Crippen molar-refractivity contribution in [1.29, 1.82) is 0 Å². The Morgan fingerprint density at radius 1 is 1.55 bits per heavy atom. The van der Waals surface area contributed by atoms with Crippen molar-refractivity contribution in [3.8, 4) is 0 Å². The molecule has 0 aromatic heterocycles. The minimum absolute atomic E-state index is 0.158. The Labute approximate surface area is 119 Å². The number of aliphatic hydroxyl groups is 1. The molecule has 20 heavy (non-hydrogen) atoms. The van der Waals surface area contributed by atoms with Gasteiger partial charge < -0.3 is 20.9 Å². The number of carbonyl (C=O) groups is 1. The van der Waals surface area contributed by atoms with E-state index in [0.717, 1.165) is 5.56 Å². The van der Waals surface area contributed by atoms with Gasteiger partial charge >= 0.3 is 0 Å². The van der Waals surface area contributed by atoms with Gasteiger partial charge in [-0.3, -0.25) is 4.79 Å². The van der Waals surface area contributed by atoms with E-state index in [1.165, 1.54) is 0 Å². The topological polar surface area (TPSA) is 84.6 Å². The zero-order valence-corrected chi connectivity index (χ0v) is 11.7. The van der Waals surface area contributed by atoms with Crippen molar-refractivity contribution in [3.05, 3.63) is 35.9 Å². The second kappa shape index (κ2) is 6.35. The summed E-state index contributed by atoms with van der Waals surface area (Å²) < 4.78 is 5.33. The molecular weight excluding hydrogens is 256 g/mol. The highest BCUT2D eigenvalue weighted by Crippen LogP contribution is 2.24.